The fourth-order valence-corrected chi connectivity index (χ4v) is 7.86. The lowest BCUT2D eigenvalue weighted by Crippen LogP contribution is -2.33. The van der Waals surface area contributed by atoms with Crippen molar-refractivity contribution < 1.29 is 0 Å². The van der Waals surface area contributed by atoms with Gasteiger partial charge in [0.05, 0.1) is 0 Å². The maximum Gasteiger partial charge on any atom is -0.0157 e. The summed E-state index contributed by atoms with van der Waals surface area (Å²) in [7, 11) is -2.84. The van der Waals surface area contributed by atoms with Gasteiger partial charge in [0.15, 0.2) is 0 Å². The first-order valence-electron chi connectivity index (χ1n) is 7.57. The maximum atomic E-state index is 2.46. The molecule has 0 bridgehead atoms. The van der Waals surface area contributed by atoms with Gasteiger partial charge in [-0.2, -0.15) is 0 Å². The standard InChI is InChI=1S/C21H24S/c1-22(2,3,19-13-7-4-8-14-19,20-15-9-5-10-16-20)21-17-11-6-12-18-21/h4-18H,1-3H3. The average Bonchev–Trinajstić information content (AvgIpc) is 2.58. The third-order valence-corrected chi connectivity index (χ3v) is 11.5. The SMILES string of the molecule is CS(C)(C)(c1ccccc1)(c1ccccc1)c1ccccc1. The van der Waals surface area contributed by atoms with Crippen molar-refractivity contribution in [3.8, 4) is 0 Å². The first kappa shape index (κ1) is 14.9. The summed E-state index contributed by atoms with van der Waals surface area (Å²) >= 11 is 0. The molecular weight excluding hydrogens is 284 g/mol. The Labute approximate surface area is 133 Å². The van der Waals surface area contributed by atoms with Crippen molar-refractivity contribution in [3.63, 3.8) is 0 Å². The predicted octanol–water partition coefficient (Wildman–Crippen LogP) is 5.93. The molecule has 0 radical (unpaired) electrons. The van der Waals surface area contributed by atoms with Gasteiger partial charge in [-0.3, -0.25) is 0 Å². The van der Waals surface area contributed by atoms with Crippen LogP contribution in [0.2, 0.25) is 0 Å². The highest BCUT2D eigenvalue weighted by Gasteiger charge is 2.52. The van der Waals surface area contributed by atoms with E-state index in [2.05, 4.69) is 110 Å². The van der Waals surface area contributed by atoms with E-state index in [1.165, 1.54) is 14.7 Å². The molecule has 0 aromatic heterocycles. The largest absolute Gasteiger partial charge is 0.219 e. The van der Waals surface area contributed by atoms with Gasteiger partial charge in [0.1, 0.15) is 0 Å². The molecule has 3 rings (SSSR count). The van der Waals surface area contributed by atoms with Crippen LogP contribution in [-0.2, 0) is 0 Å². The first-order valence-corrected chi connectivity index (χ1v) is 11.2. The van der Waals surface area contributed by atoms with Crippen LogP contribution in [-0.4, -0.2) is 18.8 Å². The summed E-state index contributed by atoms with van der Waals surface area (Å²) in [6.07, 6.45) is 7.38. The molecule has 0 N–H and O–H groups in total. The van der Waals surface area contributed by atoms with E-state index in [4.69, 9.17) is 0 Å². The molecule has 0 unspecified atom stereocenters. The second kappa shape index (κ2) is 4.50. The second-order valence-electron chi connectivity index (χ2n) is 7.31. The highest BCUT2D eigenvalue weighted by atomic mass is 32.4. The first-order chi connectivity index (χ1) is 10.4. The molecule has 0 aliphatic heterocycles. The van der Waals surface area contributed by atoms with Crippen LogP contribution in [0.1, 0.15) is 0 Å². The zero-order chi connectivity index (χ0) is 15.7. The zero-order valence-electron chi connectivity index (χ0n) is 13.6. The van der Waals surface area contributed by atoms with Gasteiger partial charge in [0.2, 0.25) is 0 Å². The third kappa shape index (κ3) is 1.93. The molecule has 114 valence electrons. The Morgan fingerprint density at radius 1 is 0.409 bits per heavy atom. The summed E-state index contributed by atoms with van der Waals surface area (Å²) in [5.41, 5.74) is 0. The molecule has 3 aromatic carbocycles. The van der Waals surface area contributed by atoms with Crippen LogP contribution in [0, 0.1) is 0 Å². The molecule has 0 saturated carbocycles. The van der Waals surface area contributed by atoms with Gasteiger partial charge in [-0.15, -0.1) is 0 Å². The Morgan fingerprint density at radius 2 is 0.636 bits per heavy atom. The fraction of sp³-hybridized carbons (Fsp3) is 0.143. The molecule has 0 amide bonds. The van der Waals surface area contributed by atoms with Crippen molar-refractivity contribution in [2.24, 2.45) is 0 Å². The predicted molar refractivity (Wildman–Crippen MR) is 99.5 cm³/mol. The minimum absolute atomic E-state index is 1.40. The van der Waals surface area contributed by atoms with Gasteiger partial charge in [0.25, 0.3) is 0 Å². The van der Waals surface area contributed by atoms with E-state index in [1.54, 1.807) is 0 Å². The summed E-state index contributed by atoms with van der Waals surface area (Å²) < 4.78 is 0. The third-order valence-electron chi connectivity index (χ3n) is 5.06. The normalized spacial score (nSPS) is 14.9. The minimum Gasteiger partial charge on any atom is -0.219 e. The molecule has 0 atom stereocenters. The van der Waals surface area contributed by atoms with Crippen LogP contribution in [0.25, 0.3) is 0 Å². The molecule has 0 aliphatic rings. The molecule has 1 heteroatoms. The van der Waals surface area contributed by atoms with E-state index >= 15 is 0 Å². The molecule has 0 aliphatic carbocycles. The summed E-state index contributed by atoms with van der Waals surface area (Å²) in [6.45, 7) is 0. The van der Waals surface area contributed by atoms with Gasteiger partial charge in [0, 0.05) is 0 Å². The maximum absolute atomic E-state index is 2.84. The summed E-state index contributed by atoms with van der Waals surface area (Å²) in [6, 6.07) is 32.9. The lowest BCUT2D eigenvalue weighted by atomic mass is 10.4. The second-order valence-corrected chi connectivity index (χ2v) is 15.5. The van der Waals surface area contributed by atoms with Crippen LogP contribution in [0.5, 0.6) is 0 Å². The topological polar surface area (TPSA) is 0 Å². The Hall–Kier alpha value is -1.99. The summed E-state index contributed by atoms with van der Waals surface area (Å²) in [4.78, 5) is 4.21. The average molecular weight is 308 g/mol. The molecule has 0 saturated heterocycles. The Morgan fingerprint density at radius 3 is 0.864 bits per heavy atom. The summed E-state index contributed by atoms with van der Waals surface area (Å²) in [5.74, 6) is 0. The van der Waals surface area contributed by atoms with E-state index in [9.17, 15) is 0 Å². The lowest BCUT2D eigenvalue weighted by molar-refractivity contribution is 1.21. The van der Waals surface area contributed by atoms with Crippen LogP contribution in [0.15, 0.2) is 106 Å². The number of hydrogen-bond donors (Lipinski definition) is 0. The molecule has 3 aromatic rings. The van der Waals surface area contributed by atoms with E-state index in [-0.39, 0.29) is 0 Å². The minimum atomic E-state index is -2.84. The quantitative estimate of drug-likeness (QED) is 0.562. The Bertz CT molecular complexity index is 670. The van der Waals surface area contributed by atoms with Gasteiger partial charge < -0.3 is 0 Å². The van der Waals surface area contributed by atoms with Crippen molar-refractivity contribution in [2.45, 2.75) is 14.7 Å². The number of hydrogen-bond acceptors (Lipinski definition) is 0. The Balaban J connectivity index is 2.49. The molecule has 0 nitrogen and oxygen atoms in total. The highest BCUT2D eigenvalue weighted by molar-refractivity contribution is 8.63. The number of rotatable bonds is 3. The van der Waals surface area contributed by atoms with Crippen molar-refractivity contribution in [3.05, 3.63) is 91.0 Å². The van der Waals surface area contributed by atoms with E-state index in [0.29, 0.717) is 0 Å². The van der Waals surface area contributed by atoms with E-state index in [1.807, 2.05) is 0 Å². The van der Waals surface area contributed by atoms with Crippen molar-refractivity contribution in [1.82, 2.24) is 0 Å². The monoisotopic (exact) mass is 308 g/mol. The van der Waals surface area contributed by atoms with Gasteiger partial charge in [-0.25, -0.2) is 8.29 Å². The number of benzene rings is 3. The molecule has 22 heavy (non-hydrogen) atoms. The molecule has 0 fully saturated rings. The lowest BCUT2D eigenvalue weighted by Gasteiger charge is -2.73. The van der Waals surface area contributed by atoms with Crippen LogP contribution < -0.4 is 0 Å². The van der Waals surface area contributed by atoms with Gasteiger partial charge in [-0.05, 0) is 33.5 Å². The van der Waals surface area contributed by atoms with E-state index < -0.39 is 8.29 Å². The van der Waals surface area contributed by atoms with Crippen molar-refractivity contribution in [2.75, 3.05) is 18.8 Å². The molecule has 0 spiro atoms. The van der Waals surface area contributed by atoms with Crippen molar-refractivity contribution >= 4 is 8.29 Å². The van der Waals surface area contributed by atoms with E-state index in [0.717, 1.165) is 0 Å². The highest BCUT2D eigenvalue weighted by Crippen LogP contribution is 2.95. The Kier molecular flexibility index (Phi) is 3.05. The molecule has 0 heterocycles. The van der Waals surface area contributed by atoms with Gasteiger partial charge in [-0.1, -0.05) is 91.0 Å². The zero-order valence-corrected chi connectivity index (χ0v) is 14.4. The van der Waals surface area contributed by atoms with Gasteiger partial charge >= 0.3 is 0 Å². The molecular formula is C21H24S. The fourth-order valence-electron chi connectivity index (χ4n) is 3.30. The summed E-state index contributed by atoms with van der Waals surface area (Å²) in [5, 5.41) is 0. The smallest absolute Gasteiger partial charge is 0.0157 e. The van der Waals surface area contributed by atoms with Crippen LogP contribution in [0.4, 0.5) is 0 Å². The van der Waals surface area contributed by atoms with Crippen LogP contribution >= 0.6 is 8.29 Å². The van der Waals surface area contributed by atoms with Crippen molar-refractivity contribution in [1.29, 1.82) is 0 Å². The van der Waals surface area contributed by atoms with Crippen LogP contribution in [0.3, 0.4) is 0 Å².